The van der Waals surface area contributed by atoms with Crippen molar-refractivity contribution in [3.63, 3.8) is 0 Å². The minimum Gasteiger partial charge on any atom is -0.392 e. The second kappa shape index (κ2) is 4.43. The topological polar surface area (TPSA) is 32.3 Å². The molecule has 3 heteroatoms. The summed E-state index contributed by atoms with van der Waals surface area (Å²) in [4.78, 5) is 0. The van der Waals surface area contributed by atoms with Crippen LogP contribution in [-0.2, 0) is 0 Å². The molecule has 2 N–H and O–H groups in total. The summed E-state index contributed by atoms with van der Waals surface area (Å²) in [5, 5.41) is 13.2. The molecule has 1 heterocycles. The maximum atomic E-state index is 9.89. The predicted molar refractivity (Wildman–Crippen MR) is 60.4 cm³/mol. The lowest BCUT2D eigenvalue weighted by molar-refractivity contribution is 0.114. The van der Waals surface area contributed by atoms with Crippen LogP contribution in [0.2, 0.25) is 0 Å². The third-order valence-corrected chi connectivity index (χ3v) is 3.47. The molecule has 0 aliphatic carbocycles. The van der Waals surface area contributed by atoms with Crippen molar-refractivity contribution in [2.45, 2.75) is 18.4 Å². The summed E-state index contributed by atoms with van der Waals surface area (Å²) in [6.07, 6.45) is 0.626. The van der Waals surface area contributed by atoms with E-state index in [-0.39, 0.29) is 12.0 Å². The molecule has 1 aromatic carbocycles. The van der Waals surface area contributed by atoms with E-state index in [2.05, 4.69) is 27.3 Å². The molecule has 2 atom stereocenters. The van der Waals surface area contributed by atoms with Crippen LogP contribution in [0, 0.1) is 0 Å². The van der Waals surface area contributed by atoms with Gasteiger partial charge in [-0.05, 0) is 24.6 Å². The molecule has 76 valence electrons. The second-order valence-electron chi connectivity index (χ2n) is 3.69. The van der Waals surface area contributed by atoms with Gasteiger partial charge in [0.15, 0.2) is 0 Å². The zero-order chi connectivity index (χ0) is 9.97. The number of hydrogen-bond acceptors (Lipinski definition) is 2. The molecule has 2 nitrogen and oxygen atoms in total. The summed E-state index contributed by atoms with van der Waals surface area (Å²) in [6.45, 7) is 1.78. The van der Waals surface area contributed by atoms with Gasteiger partial charge < -0.3 is 10.4 Å². The van der Waals surface area contributed by atoms with Crippen LogP contribution < -0.4 is 5.32 Å². The van der Waals surface area contributed by atoms with Crippen molar-refractivity contribution in [2.75, 3.05) is 13.1 Å². The van der Waals surface area contributed by atoms with Crippen LogP contribution in [0.3, 0.4) is 0 Å². The highest BCUT2D eigenvalue weighted by Gasteiger charge is 2.25. The summed E-state index contributed by atoms with van der Waals surface area (Å²) in [7, 11) is 0. The normalized spacial score (nSPS) is 27.6. The Hall–Kier alpha value is -0.380. The second-order valence-corrected chi connectivity index (χ2v) is 4.54. The minimum atomic E-state index is -0.213. The molecule has 0 radical (unpaired) electrons. The first-order valence-corrected chi connectivity index (χ1v) is 5.71. The summed E-state index contributed by atoms with van der Waals surface area (Å²) >= 11 is 3.52. The Bertz CT molecular complexity index is 316. The van der Waals surface area contributed by atoms with Gasteiger partial charge in [0.2, 0.25) is 0 Å². The molecule has 0 saturated carbocycles. The van der Waals surface area contributed by atoms with Crippen LogP contribution in [-0.4, -0.2) is 24.3 Å². The molecule has 2 rings (SSSR count). The number of aliphatic hydroxyl groups is 1. The molecular formula is C11H14BrNO. The van der Waals surface area contributed by atoms with E-state index >= 15 is 0 Å². The Morgan fingerprint density at radius 2 is 2.14 bits per heavy atom. The summed E-state index contributed by atoms with van der Waals surface area (Å²) in [5.74, 6) is 0.222. The summed E-state index contributed by atoms with van der Waals surface area (Å²) < 4.78 is 1.09. The van der Waals surface area contributed by atoms with E-state index < -0.39 is 0 Å². The maximum absolute atomic E-state index is 9.89. The molecule has 1 fully saturated rings. The van der Waals surface area contributed by atoms with Crippen molar-refractivity contribution in [3.05, 3.63) is 34.3 Å². The number of rotatable bonds is 1. The highest BCUT2D eigenvalue weighted by Crippen LogP contribution is 2.29. The first-order valence-electron chi connectivity index (χ1n) is 4.92. The number of halogens is 1. The first-order chi connectivity index (χ1) is 6.79. The van der Waals surface area contributed by atoms with Crippen LogP contribution in [0.5, 0.6) is 0 Å². The van der Waals surface area contributed by atoms with Crippen molar-refractivity contribution in [1.29, 1.82) is 0 Å². The summed E-state index contributed by atoms with van der Waals surface area (Å²) in [6, 6.07) is 8.11. The first kappa shape index (κ1) is 10.1. The van der Waals surface area contributed by atoms with Crippen LogP contribution in [0.15, 0.2) is 28.7 Å². The van der Waals surface area contributed by atoms with Crippen LogP contribution in [0.25, 0.3) is 0 Å². The van der Waals surface area contributed by atoms with Crippen molar-refractivity contribution in [1.82, 2.24) is 5.32 Å². The molecule has 0 bridgehead atoms. The average molecular weight is 256 g/mol. The lowest BCUT2D eigenvalue weighted by Crippen LogP contribution is -2.38. The van der Waals surface area contributed by atoms with Crippen molar-refractivity contribution in [3.8, 4) is 0 Å². The highest BCUT2D eigenvalue weighted by atomic mass is 79.9. The number of hydrogen-bond donors (Lipinski definition) is 2. The maximum Gasteiger partial charge on any atom is 0.0633 e. The molecule has 1 aromatic rings. The molecule has 0 aromatic heterocycles. The number of benzene rings is 1. The molecule has 0 spiro atoms. The zero-order valence-corrected chi connectivity index (χ0v) is 9.50. The van der Waals surface area contributed by atoms with Crippen LogP contribution in [0.1, 0.15) is 17.9 Å². The van der Waals surface area contributed by atoms with Gasteiger partial charge >= 0.3 is 0 Å². The fourth-order valence-corrected chi connectivity index (χ4v) is 2.52. The van der Waals surface area contributed by atoms with Crippen molar-refractivity contribution in [2.24, 2.45) is 0 Å². The largest absolute Gasteiger partial charge is 0.392 e. The van der Waals surface area contributed by atoms with E-state index in [1.165, 1.54) is 5.56 Å². The van der Waals surface area contributed by atoms with E-state index in [1.54, 1.807) is 0 Å². The Morgan fingerprint density at radius 1 is 1.36 bits per heavy atom. The van der Waals surface area contributed by atoms with Gasteiger partial charge in [-0.3, -0.25) is 0 Å². The molecule has 2 unspecified atom stereocenters. The Kier molecular flexibility index (Phi) is 3.21. The SMILES string of the molecule is OC1CCNCC1c1ccccc1Br. The lowest BCUT2D eigenvalue weighted by Gasteiger charge is -2.29. The Morgan fingerprint density at radius 3 is 2.86 bits per heavy atom. The number of aliphatic hydroxyl groups excluding tert-OH is 1. The van der Waals surface area contributed by atoms with E-state index in [1.807, 2.05) is 18.2 Å². The lowest BCUT2D eigenvalue weighted by atomic mass is 9.89. The Labute approximate surface area is 92.5 Å². The monoisotopic (exact) mass is 255 g/mol. The third kappa shape index (κ3) is 2.00. The Balaban J connectivity index is 2.25. The standard InChI is InChI=1S/C11H14BrNO/c12-10-4-2-1-3-8(10)9-7-13-6-5-11(9)14/h1-4,9,11,13-14H,5-7H2. The van der Waals surface area contributed by atoms with Gasteiger partial charge in [0, 0.05) is 16.9 Å². The fourth-order valence-electron chi connectivity index (χ4n) is 1.94. The van der Waals surface area contributed by atoms with Gasteiger partial charge in [-0.15, -0.1) is 0 Å². The van der Waals surface area contributed by atoms with E-state index in [0.717, 1.165) is 24.0 Å². The number of piperidine rings is 1. The van der Waals surface area contributed by atoms with Gasteiger partial charge in [-0.2, -0.15) is 0 Å². The van der Waals surface area contributed by atoms with Crippen molar-refractivity contribution >= 4 is 15.9 Å². The van der Waals surface area contributed by atoms with E-state index in [0.29, 0.717) is 0 Å². The smallest absolute Gasteiger partial charge is 0.0633 e. The average Bonchev–Trinajstić information content (AvgIpc) is 2.20. The molecule has 0 amide bonds. The fraction of sp³-hybridized carbons (Fsp3) is 0.455. The number of nitrogens with one attached hydrogen (secondary N) is 1. The van der Waals surface area contributed by atoms with E-state index in [9.17, 15) is 5.11 Å². The third-order valence-electron chi connectivity index (χ3n) is 2.75. The van der Waals surface area contributed by atoms with Gasteiger partial charge in [-0.25, -0.2) is 0 Å². The van der Waals surface area contributed by atoms with Crippen molar-refractivity contribution < 1.29 is 5.11 Å². The molecule has 1 aliphatic rings. The highest BCUT2D eigenvalue weighted by molar-refractivity contribution is 9.10. The molecule has 1 saturated heterocycles. The molecular weight excluding hydrogens is 242 g/mol. The van der Waals surface area contributed by atoms with Gasteiger partial charge in [0.1, 0.15) is 0 Å². The van der Waals surface area contributed by atoms with Gasteiger partial charge in [0.25, 0.3) is 0 Å². The predicted octanol–water partition coefficient (Wildman–Crippen LogP) is 1.89. The quantitative estimate of drug-likeness (QED) is 0.804. The van der Waals surface area contributed by atoms with Crippen LogP contribution >= 0.6 is 15.9 Å². The minimum absolute atomic E-state index is 0.213. The molecule has 1 aliphatic heterocycles. The van der Waals surface area contributed by atoms with Gasteiger partial charge in [0.05, 0.1) is 6.10 Å². The zero-order valence-electron chi connectivity index (χ0n) is 7.91. The van der Waals surface area contributed by atoms with Crippen LogP contribution in [0.4, 0.5) is 0 Å². The molecule has 14 heavy (non-hydrogen) atoms. The van der Waals surface area contributed by atoms with Gasteiger partial charge in [-0.1, -0.05) is 34.1 Å². The summed E-state index contributed by atoms with van der Waals surface area (Å²) in [5.41, 5.74) is 1.20. The van der Waals surface area contributed by atoms with E-state index in [4.69, 9.17) is 0 Å².